The Balaban J connectivity index is 1.85. The maximum Gasteiger partial charge on any atom is 0.250 e. The Kier molecular flexibility index (Phi) is 3.47. The van der Waals surface area contributed by atoms with Gasteiger partial charge in [0, 0.05) is 12.4 Å². The number of hydrogen-bond acceptors (Lipinski definition) is 4. The van der Waals surface area contributed by atoms with Crippen LogP contribution in [0.15, 0.2) is 30.6 Å². The van der Waals surface area contributed by atoms with Crippen LogP contribution >= 0.6 is 11.3 Å². The lowest BCUT2D eigenvalue weighted by Gasteiger charge is -2.10. The highest BCUT2D eigenvalue weighted by Crippen LogP contribution is 2.29. The van der Waals surface area contributed by atoms with E-state index in [0.29, 0.717) is 5.13 Å². The van der Waals surface area contributed by atoms with Gasteiger partial charge in [0.15, 0.2) is 5.13 Å². The number of fused-ring (bicyclic) bond motifs is 1. The number of thiazole rings is 1. The van der Waals surface area contributed by atoms with E-state index in [1.54, 1.807) is 23.1 Å². The zero-order valence-electron chi connectivity index (χ0n) is 12.1. The van der Waals surface area contributed by atoms with Crippen molar-refractivity contribution in [3.05, 3.63) is 41.7 Å². The molecule has 3 rings (SSSR count). The van der Waals surface area contributed by atoms with Crippen LogP contribution in [-0.2, 0) is 4.79 Å². The third-order valence-electron chi connectivity index (χ3n) is 3.36. The Labute approximate surface area is 126 Å². The second-order valence-electron chi connectivity index (χ2n) is 5.10. The molecule has 0 fully saturated rings. The number of aromatic nitrogens is 3. The summed E-state index contributed by atoms with van der Waals surface area (Å²) >= 11 is 1.50. The van der Waals surface area contributed by atoms with E-state index in [1.807, 2.05) is 13.8 Å². The minimum absolute atomic E-state index is 0.118. The van der Waals surface area contributed by atoms with Crippen molar-refractivity contribution in [3.63, 3.8) is 0 Å². The molecule has 0 spiro atoms. The Morgan fingerprint density at radius 2 is 2.19 bits per heavy atom. The van der Waals surface area contributed by atoms with Gasteiger partial charge in [0.1, 0.15) is 6.04 Å². The molecule has 0 aliphatic rings. The molecule has 0 saturated carbocycles. The molecule has 0 bridgehead atoms. The Morgan fingerprint density at radius 3 is 2.90 bits per heavy atom. The van der Waals surface area contributed by atoms with E-state index in [-0.39, 0.29) is 11.9 Å². The lowest BCUT2D eigenvalue weighted by molar-refractivity contribution is -0.119. The van der Waals surface area contributed by atoms with Crippen molar-refractivity contribution < 1.29 is 4.79 Å². The highest BCUT2D eigenvalue weighted by Gasteiger charge is 2.17. The van der Waals surface area contributed by atoms with Crippen LogP contribution in [0.5, 0.6) is 0 Å². The summed E-state index contributed by atoms with van der Waals surface area (Å²) < 4.78 is 2.72. The summed E-state index contributed by atoms with van der Waals surface area (Å²) in [5.74, 6) is -0.118. The van der Waals surface area contributed by atoms with Crippen molar-refractivity contribution in [1.82, 2.24) is 14.8 Å². The van der Waals surface area contributed by atoms with Crippen molar-refractivity contribution in [2.24, 2.45) is 0 Å². The molecular weight excluding hydrogens is 284 g/mol. The molecule has 1 aromatic carbocycles. The van der Waals surface area contributed by atoms with E-state index >= 15 is 0 Å². The molecule has 1 amide bonds. The standard InChI is InChI=1S/C15H16N4OS/c1-9-7-10(2)13-12(8-9)21-15(17-13)18-14(20)11(3)19-6-4-5-16-19/h4-8,11H,1-3H3,(H,17,18,20). The minimum atomic E-state index is -0.366. The number of anilines is 1. The average Bonchev–Trinajstić information content (AvgIpc) is 3.06. The molecule has 2 heterocycles. The SMILES string of the molecule is Cc1cc(C)c2nc(NC(=O)C(C)n3cccn3)sc2c1. The van der Waals surface area contributed by atoms with Crippen molar-refractivity contribution in [3.8, 4) is 0 Å². The predicted molar refractivity (Wildman–Crippen MR) is 84.7 cm³/mol. The van der Waals surface area contributed by atoms with Crippen LogP contribution in [0.2, 0.25) is 0 Å². The quantitative estimate of drug-likeness (QED) is 0.807. The van der Waals surface area contributed by atoms with Crippen LogP contribution in [0.1, 0.15) is 24.1 Å². The predicted octanol–water partition coefficient (Wildman–Crippen LogP) is 3.31. The average molecular weight is 300 g/mol. The monoisotopic (exact) mass is 300 g/mol. The summed E-state index contributed by atoms with van der Waals surface area (Å²) in [6.45, 7) is 5.91. The molecule has 0 saturated heterocycles. The second kappa shape index (κ2) is 5.29. The van der Waals surface area contributed by atoms with E-state index < -0.39 is 0 Å². The minimum Gasteiger partial charge on any atom is -0.300 e. The summed E-state index contributed by atoms with van der Waals surface area (Å²) in [5, 5.41) is 7.59. The number of rotatable bonds is 3. The molecule has 0 aliphatic heterocycles. The second-order valence-corrected chi connectivity index (χ2v) is 6.13. The molecule has 1 atom stereocenters. The maximum absolute atomic E-state index is 12.2. The summed E-state index contributed by atoms with van der Waals surface area (Å²) in [7, 11) is 0. The number of carbonyl (C=O) groups excluding carboxylic acids is 1. The van der Waals surface area contributed by atoms with Gasteiger partial charge in [0.25, 0.3) is 5.91 Å². The molecule has 1 unspecified atom stereocenters. The van der Waals surface area contributed by atoms with E-state index in [0.717, 1.165) is 15.8 Å². The fraction of sp³-hybridized carbons (Fsp3) is 0.267. The Hall–Kier alpha value is -2.21. The fourth-order valence-corrected chi connectivity index (χ4v) is 3.31. The molecule has 6 heteroatoms. The van der Waals surface area contributed by atoms with Crippen LogP contribution in [0.25, 0.3) is 10.2 Å². The van der Waals surface area contributed by atoms with E-state index in [2.05, 4.69) is 34.5 Å². The number of carbonyl (C=O) groups is 1. The van der Waals surface area contributed by atoms with Gasteiger partial charge in [-0.25, -0.2) is 4.98 Å². The molecule has 3 aromatic rings. The third-order valence-corrected chi connectivity index (χ3v) is 4.28. The van der Waals surface area contributed by atoms with E-state index in [4.69, 9.17) is 0 Å². The zero-order chi connectivity index (χ0) is 15.0. The summed E-state index contributed by atoms with van der Waals surface area (Å²) in [5.41, 5.74) is 3.28. The Morgan fingerprint density at radius 1 is 1.38 bits per heavy atom. The van der Waals surface area contributed by atoms with Crippen LogP contribution in [-0.4, -0.2) is 20.7 Å². The smallest absolute Gasteiger partial charge is 0.250 e. The summed E-state index contributed by atoms with van der Waals surface area (Å²) in [6.07, 6.45) is 3.43. The highest BCUT2D eigenvalue weighted by molar-refractivity contribution is 7.22. The lowest BCUT2D eigenvalue weighted by atomic mass is 10.1. The third kappa shape index (κ3) is 2.67. The van der Waals surface area contributed by atoms with Gasteiger partial charge in [-0.1, -0.05) is 17.4 Å². The number of aryl methyl sites for hydroxylation is 2. The summed E-state index contributed by atoms with van der Waals surface area (Å²) in [6, 6.07) is 5.62. The first-order valence-corrected chi connectivity index (χ1v) is 7.54. The largest absolute Gasteiger partial charge is 0.300 e. The Bertz CT molecular complexity index is 791. The van der Waals surface area contributed by atoms with Crippen LogP contribution in [0, 0.1) is 13.8 Å². The summed E-state index contributed by atoms with van der Waals surface area (Å²) in [4.78, 5) is 16.7. The molecule has 1 N–H and O–H groups in total. The van der Waals surface area contributed by atoms with E-state index in [9.17, 15) is 4.79 Å². The van der Waals surface area contributed by atoms with Gasteiger partial charge in [0.2, 0.25) is 0 Å². The van der Waals surface area contributed by atoms with Crippen molar-refractivity contribution >= 4 is 32.6 Å². The maximum atomic E-state index is 12.2. The fourth-order valence-electron chi connectivity index (χ4n) is 2.26. The van der Waals surface area contributed by atoms with Gasteiger partial charge >= 0.3 is 0 Å². The van der Waals surface area contributed by atoms with Gasteiger partial charge < -0.3 is 5.32 Å². The zero-order valence-corrected chi connectivity index (χ0v) is 12.9. The number of benzene rings is 1. The van der Waals surface area contributed by atoms with Gasteiger partial charge in [-0.05, 0) is 44.0 Å². The lowest BCUT2D eigenvalue weighted by Crippen LogP contribution is -2.23. The van der Waals surface area contributed by atoms with Crippen molar-refractivity contribution in [2.45, 2.75) is 26.8 Å². The normalized spacial score (nSPS) is 12.5. The first-order valence-electron chi connectivity index (χ1n) is 6.72. The van der Waals surface area contributed by atoms with E-state index in [1.165, 1.54) is 16.9 Å². The van der Waals surface area contributed by atoms with Gasteiger partial charge in [0.05, 0.1) is 10.2 Å². The number of hydrogen-bond donors (Lipinski definition) is 1. The molecule has 21 heavy (non-hydrogen) atoms. The molecular formula is C15H16N4OS. The number of amides is 1. The highest BCUT2D eigenvalue weighted by atomic mass is 32.1. The van der Waals surface area contributed by atoms with Crippen molar-refractivity contribution in [1.29, 1.82) is 0 Å². The van der Waals surface area contributed by atoms with Crippen LogP contribution < -0.4 is 5.32 Å². The molecule has 2 aromatic heterocycles. The molecule has 0 aliphatic carbocycles. The van der Waals surface area contributed by atoms with Crippen molar-refractivity contribution in [2.75, 3.05) is 5.32 Å². The molecule has 0 radical (unpaired) electrons. The van der Waals surface area contributed by atoms with Gasteiger partial charge in [-0.15, -0.1) is 0 Å². The topological polar surface area (TPSA) is 59.8 Å². The molecule has 5 nitrogen and oxygen atoms in total. The van der Waals surface area contributed by atoms with Gasteiger partial charge in [-0.3, -0.25) is 9.48 Å². The van der Waals surface area contributed by atoms with Crippen LogP contribution in [0.3, 0.4) is 0 Å². The number of nitrogens with one attached hydrogen (secondary N) is 1. The first-order chi connectivity index (χ1) is 10.0. The van der Waals surface area contributed by atoms with Gasteiger partial charge in [-0.2, -0.15) is 5.10 Å². The molecule has 108 valence electrons. The first kappa shape index (κ1) is 13.8. The number of nitrogens with zero attached hydrogens (tertiary/aromatic N) is 3. The van der Waals surface area contributed by atoms with Crippen LogP contribution in [0.4, 0.5) is 5.13 Å².